The fourth-order valence-corrected chi connectivity index (χ4v) is 1.90. The summed E-state index contributed by atoms with van der Waals surface area (Å²) in [5, 5.41) is 3.26. The Balaban J connectivity index is 2.27. The van der Waals surface area contributed by atoms with Crippen LogP contribution in [0.3, 0.4) is 0 Å². The van der Waals surface area contributed by atoms with Crippen LogP contribution in [0.25, 0.3) is 5.69 Å². The van der Waals surface area contributed by atoms with Crippen LogP contribution in [0.4, 0.5) is 4.39 Å². The summed E-state index contributed by atoms with van der Waals surface area (Å²) in [6.45, 7) is 1.46. The molecule has 3 rings (SSSR count). The van der Waals surface area contributed by atoms with Crippen molar-refractivity contribution in [1.29, 1.82) is 0 Å². The van der Waals surface area contributed by atoms with Gasteiger partial charge in [0.15, 0.2) is 0 Å². The van der Waals surface area contributed by atoms with Crippen molar-refractivity contribution < 1.29 is 4.39 Å². The standard InChI is InChI=1S/C11H10FN3/c12-9-2-1-8-6-13-7-11-14-3-4-15(11)10(8)5-9/h1-5,13H,6-7H2. The summed E-state index contributed by atoms with van der Waals surface area (Å²) in [7, 11) is 0. The molecule has 3 nitrogen and oxygen atoms in total. The molecular weight excluding hydrogens is 193 g/mol. The highest BCUT2D eigenvalue weighted by atomic mass is 19.1. The van der Waals surface area contributed by atoms with Gasteiger partial charge in [0.1, 0.15) is 11.6 Å². The van der Waals surface area contributed by atoms with Crippen molar-refractivity contribution in [3.63, 3.8) is 0 Å². The fourth-order valence-electron chi connectivity index (χ4n) is 1.90. The van der Waals surface area contributed by atoms with Gasteiger partial charge in [-0.25, -0.2) is 9.37 Å². The molecule has 15 heavy (non-hydrogen) atoms. The first kappa shape index (κ1) is 8.61. The van der Waals surface area contributed by atoms with Crippen LogP contribution in [0.5, 0.6) is 0 Å². The minimum Gasteiger partial charge on any atom is -0.306 e. The number of nitrogens with zero attached hydrogens (tertiary/aromatic N) is 2. The molecule has 1 aromatic carbocycles. The van der Waals surface area contributed by atoms with E-state index < -0.39 is 0 Å². The second kappa shape index (κ2) is 3.17. The molecule has 1 aliphatic heterocycles. The second-order valence-corrected chi connectivity index (χ2v) is 3.59. The van der Waals surface area contributed by atoms with Gasteiger partial charge in [0.2, 0.25) is 0 Å². The van der Waals surface area contributed by atoms with Gasteiger partial charge < -0.3 is 9.88 Å². The zero-order chi connectivity index (χ0) is 10.3. The average Bonchev–Trinajstić information content (AvgIpc) is 2.62. The normalized spacial score (nSPS) is 14.2. The SMILES string of the molecule is Fc1ccc2c(c1)-n1ccnc1CNC2. The van der Waals surface area contributed by atoms with E-state index in [1.54, 1.807) is 12.3 Å². The van der Waals surface area contributed by atoms with Gasteiger partial charge in [-0.15, -0.1) is 0 Å². The van der Waals surface area contributed by atoms with E-state index in [1.807, 2.05) is 16.8 Å². The van der Waals surface area contributed by atoms with Gasteiger partial charge in [0, 0.05) is 18.9 Å². The van der Waals surface area contributed by atoms with Crippen molar-refractivity contribution in [3.05, 3.63) is 47.8 Å². The van der Waals surface area contributed by atoms with Crippen molar-refractivity contribution in [3.8, 4) is 5.69 Å². The molecule has 0 bridgehead atoms. The molecule has 0 fully saturated rings. The first-order chi connectivity index (χ1) is 7.34. The van der Waals surface area contributed by atoms with Crippen molar-refractivity contribution in [2.45, 2.75) is 13.1 Å². The van der Waals surface area contributed by atoms with Gasteiger partial charge in [-0.05, 0) is 17.7 Å². The zero-order valence-corrected chi connectivity index (χ0v) is 8.07. The van der Waals surface area contributed by atoms with E-state index in [4.69, 9.17) is 0 Å². The minimum absolute atomic E-state index is 0.213. The van der Waals surface area contributed by atoms with Crippen LogP contribution < -0.4 is 5.32 Å². The molecule has 0 amide bonds. The maximum Gasteiger partial charge on any atom is 0.127 e. The quantitative estimate of drug-likeness (QED) is 0.705. The van der Waals surface area contributed by atoms with Gasteiger partial charge in [-0.1, -0.05) is 6.07 Å². The Morgan fingerprint density at radius 1 is 1.33 bits per heavy atom. The topological polar surface area (TPSA) is 29.9 Å². The lowest BCUT2D eigenvalue weighted by Gasteiger charge is -2.07. The Morgan fingerprint density at radius 2 is 2.27 bits per heavy atom. The molecule has 2 aromatic rings. The highest BCUT2D eigenvalue weighted by molar-refractivity contribution is 5.43. The van der Waals surface area contributed by atoms with Crippen LogP contribution in [0.2, 0.25) is 0 Å². The van der Waals surface area contributed by atoms with Crippen molar-refractivity contribution in [1.82, 2.24) is 14.9 Å². The number of benzene rings is 1. The van der Waals surface area contributed by atoms with Crippen LogP contribution in [-0.2, 0) is 13.1 Å². The molecule has 0 saturated heterocycles. The van der Waals surface area contributed by atoms with Crippen LogP contribution in [0, 0.1) is 5.82 Å². The number of nitrogens with one attached hydrogen (secondary N) is 1. The molecule has 0 unspecified atom stereocenters. The van der Waals surface area contributed by atoms with E-state index >= 15 is 0 Å². The van der Waals surface area contributed by atoms with Crippen LogP contribution in [0.15, 0.2) is 30.6 Å². The molecule has 0 aliphatic carbocycles. The number of hydrogen-bond donors (Lipinski definition) is 1. The van der Waals surface area contributed by atoms with Gasteiger partial charge in [-0.3, -0.25) is 0 Å². The zero-order valence-electron chi connectivity index (χ0n) is 8.07. The van der Waals surface area contributed by atoms with E-state index in [0.29, 0.717) is 6.54 Å². The van der Waals surface area contributed by atoms with Crippen LogP contribution in [-0.4, -0.2) is 9.55 Å². The van der Waals surface area contributed by atoms with Gasteiger partial charge >= 0.3 is 0 Å². The number of fused-ring (bicyclic) bond motifs is 3. The lowest BCUT2D eigenvalue weighted by atomic mass is 10.1. The molecule has 2 heterocycles. The Kier molecular flexibility index (Phi) is 1.82. The number of hydrogen-bond acceptors (Lipinski definition) is 2. The molecule has 1 N–H and O–H groups in total. The Bertz CT molecular complexity index is 504. The lowest BCUT2D eigenvalue weighted by molar-refractivity contribution is 0.625. The van der Waals surface area contributed by atoms with Gasteiger partial charge in [-0.2, -0.15) is 0 Å². The molecular formula is C11H10FN3. The van der Waals surface area contributed by atoms with Crippen LogP contribution >= 0.6 is 0 Å². The molecule has 0 spiro atoms. The number of aromatic nitrogens is 2. The van der Waals surface area contributed by atoms with E-state index in [2.05, 4.69) is 10.3 Å². The average molecular weight is 203 g/mol. The fraction of sp³-hybridized carbons (Fsp3) is 0.182. The third-order valence-corrected chi connectivity index (χ3v) is 2.62. The largest absolute Gasteiger partial charge is 0.306 e. The summed E-state index contributed by atoms with van der Waals surface area (Å²) in [5.41, 5.74) is 1.97. The Hall–Kier alpha value is -1.68. The monoisotopic (exact) mass is 203 g/mol. The third kappa shape index (κ3) is 1.34. The van der Waals surface area contributed by atoms with Crippen molar-refractivity contribution >= 4 is 0 Å². The summed E-state index contributed by atoms with van der Waals surface area (Å²) in [6, 6.07) is 4.85. The van der Waals surface area contributed by atoms with E-state index in [0.717, 1.165) is 23.6 Å². The summed E-state index contributed by atoms with van der Waals surface area (Å²) >= 11 is 0. The molecule has 0 saturated carbocycles. The number of rotatable bonds is 0. The summed E-state index contributed by atoms with van der Waals surface area (Å²) in [4.78, 5) is 4.22. The first-order valence-corrected chi connectivity index (χ1v) is 4.86. The summed E-state index contributed by atoms with van der Waals surface area (Å²) < 4.78 is 15.1. The highest BCUT2D eigenvalue weighted by Gasteiger charge is 2.13. The molecule has 0 atom stereocenters. The summed E-state index contributed by atoms with van der Waals surface area (Å²) in [6.07, 6.45) is 3.59. The van der Waals surface area contributed by atoms with Crippen LogP contribution in [0.1, 0.15) is 11.4 Å². The number of halogens is 1. The second-order valence-electron chi connectivity index (χ2n) is 3.59. The molecule has 0 radical (unpaired) electrons. The molecule has 1 aromatic heterocycles. The highest BCUT2D eigenvalue weighted by Crippen LogP contribution is 2.20. The van der Waals surface area contributed by atoms with Gasteiger partial charge in [0.25, 0.3) is 0 Å². The smallest absolute Gasteiger partial charge is 0.127 e. The maximum absolute atomic E-state index is 13.2. The predicted molar refractivity (Wildman–Crippen MR) is 54.1 cm³/mol. The Labute approximate surface area is 86.6 Å². The number of imidazole rings is 1. The summed E-state index contributed by atoms with van der Waals surface area (Å²) in [5.74, 6) is 0.703. The van der Waals surface area contributed by atoms with E-state index in [1.165, 1.54) is 6.07 Å². The predicted octanol–water partition coefficient (Wildman–Crippen LogP) is 1.61. The third-order valence-electron chi connectivity index (χ3n) is 2.62. The van der Waals surface area contributed by atoms with Crippen molar-refractivity contribution in [2.75, 3.05) is 0 Å². The molecule has 76 valence electrons. The lowest BCUT2D eigenvalue weighted by Crippen LogP contribution is -2.11. The van der Waals surface area contributed by atoms with Gasteiger partial charge in [0.05, 0.1) is 12.2 Å². The van der Waals surface area contributed by atoms with E-state index in [-0.39, 0.29) is 5.82 Å². The first-order valence-electron chi connectivity index (χ1n) is 4.86. The van der Waals surface area contributed by atoms with Crippen molar-refractivity contribution in [2.24, 2.45) is 0 Å². The molecule has 1 aliphatic rings. The maximum atomic E-state index is 13.2. The molecule has 4 heteroatoms. The Morgan fingerprint density at radius 3 is 3.20 bits per heavy atom. The minimum atomic E-state index is -0.213. The van der Waals surface area contributed by atoms with E-state index in [9.17, 15) is 4.39 Å².